The number of nitrogens with zero attached hydrogens (tertiary/aromatic N) is 1. The van der Waals surface area contributed by atoms with Crippen molar-refractivity contribution in [2.24, 2.45) is 17.3 Å². The molecule has 6 nitrogen and oxygen atoms in total. The number of alkyl halides is 3. The van der Waals surface area contributed by atoms with Crippen LogP contribution in [0.1, 0.15) is 79.5 Å². The molecule has 0 bridgehead atoms. The molecule has 1 aliphatic heterocycles. The molecule has 1 atom stereocenters. The van der Waals surface area contributed by atoms with Gasteiger partial charge in [0.1, 0.15) is 11.3 Å². The molecular formula is C25H33F3N2O4S. The molecule has 1 N–H and O–H groups in total. The van der Waals surface area contributed by atoms with Crippen molar-refractivity contribution in [2.45, 2.75) is 81.7 Å². The lowest BCUT2D eigenvalue weighted by Gasteiger charge is -2.44. The predicted molar refractivity (Wildman–Crippen MR) is 124 cm³/mol. The lowest BCUT2D eigenvalue weighted by atomic mass is 9.62. The summed E-state index contributed by atoms with van der Waals surface area (Å²) in [5.41, 5.74) is -1.60. The van der Waals surface area contributed by atoms with E-state index >= 15 is 0 Å². The fourth-order valence-electron chi connectivity index (χ4n) is 5.93. The van der Waals surface area contributed by atoms with Crippen LogP contribution < -0.4 is 5.32 Å². The molecule has 0 radical (unpaired) electrons. The summed E-state index contributed by atoms with van der Waals surface area (Å²) in [4.78, 5) is 16.4. The first-order valence-corrected chi connectivity index (χ1v) is 14.3. The number of pyridine rings is 1. The van der Waals surface area contributed by atoms with Crippen molar-refractivity contribution in [1.82, 2.24) is 10.3 Å². The summed E-state index contributed by atoms with van der Waals surface area (Å²) < 4.78 is 70.5. The zero-order valence-electron chi connectivity index (χ0n) is 20.0. The number of nitrogens with one attached hydrogen (secondary N) is 1. The molecule has 3 aliphatic carbocycles. The Hall–Kier alpha value is -1.68. The molecule has 1 unspecified atom stereocenters. The Morgan fingerprint density at radius 3 is 2.26 bits per heavy atom. The monoisotopic (exact) mass is 514 g/mol. The summed E-state index contributed by atoms with van der Waals surface area (Å²) in [5.74, 6) is 0.800. The number of halogens is 3. The van der Waals surface area contributed by atoms with Gasteiger partial charge in [-0.25, -0.2) is 13.4 Å². The summed E-state index contributed by atoms with van der Waals surface area (Å²) in [6.45, 7) is 2.16. The minimum absolute atomic E-state index is 0.0251. The number of aryl methyl sites for hydroxylation is 1. The Morgan fingerprint density at radius 2 is 1.74 bits per heavy atom. The van der Waals surface area contributed by atoms with Gasteiger partial charge in [0, 0.05) is 12.0 Å². The van der Waals surface area contributed by atoms with E-state index in [1.807, 2.05) is 0 Å². The minimum atomic E-state index is -4.56. The van der Waals surface area contributed by atoms with Crippen LogP contribution in [0.3, 0.4) is 0 Å². The van der Waals surface area contributed by atoms with Crippen molar-refractivity contribution in [3.63, 3.8) is 0 Å². The lowest BCUT2D eigenvalue weighted by molar-refractivity contribution is -0.141. The summed E-state index contributed by atoms with van der Waals surface area (Å²) in [6.07, 6.45) is 3.55. The Kier molecular flexibility index (Phi) is 6.22. The topological polar surface area (TPSA) is 88.7 Å². The van der Waals surface area contributed by atoms with Gasteiger partial charge >= 0.3 is 6.18 Å². The fourth-order valence-corrected chi connectivity index (χ4v) is 8.15. The van der Waals surface area contributed by atoms with E-state index in [4.69, 9.17) is 4.74 Å². The van der Waals surface area contributed by atoms with E-state index in [2.05, 4.69) is 10.3 Å². The van der Waals surface area contributed by atoms with Gasteiger partial charge in [-0.3, -0.25) is 4.79 Å². The molecule has 2 heterocycles. The van der Waals surface area contributed by atoms with Gasteiger partial charge in [-0.15, -0.1) is 0 Å². The quantitative estimate of drug-likeness (QED) is 0.492. The third-order valence-electron chi connectivity index (χ3n) is 8.55. The average Bonchev–Trinajstić information content (AvgIpc) is 3.63. The van der Waals surface area contributed by atoms with Crippen LogP contribution in [0.2, 0.25) is 0 Å². The van der Waals surface area contributed by atoms with Gasteiger partial charge in [-0.2, -0.15) is 13.2 Å². The third-order valence-corrected chi connectivity index (χ3v) is 11.0. The number of carbonyl (C=O) groups is 1. The number of carbonyl (C=O) groups excluding carboxylic acids is 1. The van der Waals surface area contributed by atoms with Crippen molar-refractivity contribution in [2.75, 3.05) is 18.9 Å². The normalized spacial score (nSPS) is 31.3. The SMILES string of the molecule is Cc1nc(C(F)(F)F)ccc1C(=O)NCC1(C2(CC3CC3)CCC(S(=O)(=O)CC3CC3)CC2)CO1. The van der Waals surface area contributed by atoms with Crippen LogP contribution in [0.5, 0.6) is 0 Å². The Labute approximate surface area is 204 Å². The Balaban J connectivity index is 1.26. The first kappa shape index (κ1) is 25.0. The predicted octanol–water partition coefficient (Wildman–Crippen LogP) is 4.46. The summed E-state index contributed by atoms with van der Waals surface area (Å²) >= 11 is 0. The van der Waals surface area contributed by atoms with E-state index in [0.29, 0.717) is 37.0 Å². The Morgan fingerprint density at radius 1 is 1.11 bits per heavy atom. The highest BCUT2D eigenvalue weighted by molar-refractivity contribution is 7.92. The molecule has 1 amide bonds. The molecule has 35 heavy (non-hydrogen) atoms. The Bertz CT molecular complexity index is 1080. The van der Waals surface area contributed by atoms with Gasteiger partial charge in [-0.05, 0) is 75.8 Å². The van der Waals surface area contributed by atoms with Crippen LogP contribution in [0.25, 0.3) is 0 Å². The highest BCUT2D eigenvalue weighted by atomic mass is 32.2. The number of hydrogen-bond donors (Lipinski definition) is 1. The number of amides is 1. The second kappa shape index (κ2) is 8.71. The van der Waals surface area contributed by atoms with Crippen LogP contribution >= 0.6 is 0 Å². The third kappa shape index (κ3) is 5.24. The van der Waals surface area contributed by atoms with Crippen molar-refractivity contribution in [3.05, 3.63) is 29.1 Å². The van der Waals surface area contributed by atoms with Gasteiger partial charge in [0.15, 0.2) is 9.84 Å². The highest BCUT2D eigenvalue weighted by Gasteiger charge is 2.63. The molecule has 10 heteroatoms. The number of sulfone groups is 1. The van der Waals surface area contributed by atoms with Gasteiger partial charge in [0.05, 0.1) is 28.9 Å². The van der Waals surface area contributed by atoms with Crippen LogP contribution in [-0.4, -0.2) is 49.1 Å². The maximum absolute atomic E-state index is 12.9. The van der Waals surface area contributed by atoms with Crippen LogP contribution in [0, 0.1) is 24.2 Å². The zero-order valence-corrected chi connectivity index (χ0v) is 20.8. The molecule has 5 rings (SSSR count). The fraction of sp³-hybridized carbons (Fsp3) is 0.760. The second-order valence-electron chi connectivity index (χ2n) is 11.2. The molecule has 1 aromatic rings. The number of aromatic nitrogens is 1. The van der Waals surface area contributed by atoms with E-state index in [9.17, 15) is 26.4 Å². The summed E-state index contributed by atoms with van der Waals surface area (Å²) in [7, 11) is -3.09. The average molecular weight is 515 g/mol. The molecular weight excluding hydrogens is 481 g/mol. The number of epoxide rings is 1. The molecule has 194 valence electrons. The minimum Gasteiger partial charge on any atom is -0.367 e. The largest absolute Gasteiger partial charge is 0.433 e. The first-order valence-electron chi connectivity index (χ1n) is 12.6. The van der Waals surface area contributed by atoms with Crippen LogP contribution in [0.4, 0.5) is 13.2 Å². The lowest BCUT2D eigenvalue weighted by Crippen LogP contribution is -2.50. The zero-order chi connectivity index (χ0) is 25.1. The highest BCUT2D eigenvalue weighted by Crippen LogP contribution is 2.59. The summed E-state index contributed by atoms with van der Waals surface area (Å²) in [5, 5.41) is 2.60. The standard InChI is InChI=1S/C25H33F3N2O4S/c1-16-20(6-7-21(30-16)25(26,27)28)22(31)29-14-24(15-34-24)23(12-17-2-3-17)10-8-19(9-11-23)35(32,33)13-18-4-5-18/h6-7,17-19H,2-5,8-15H2,1H3,(H,29,31). The van der Waals surface area contributed by atoms with E-state index in [-0.39, 0.29) is 28.5 Å². The van der Waals surface area contributed by atoms with Gasteiger partial charge in [0.2, 0.25) is 0 Å². The smallest absolute Gasteiger partial charge is 0.367 e. The van der Waals surface area contributed by atoms with Crippen LogP contribution in [-0.2, 0) is 20.8 Å². The molecule has 4 aliphatic rings. The van der Waals surface area contributed by atoms with Gasteiger partial charge < -0.3 is 10.1 Å². The molecule has 0 spiro atoms. The molecule has 1 aromatic heterocycles. The number of rotatable bonds is 9. The van der Waals surface area contributed by atoms with E-state index < -0.39 is 33.2 Å². The van der Waals surface area contributed by atoms with Gasteiger partial charge in [0.25, 0.3) is 5.91 Å². The van der Waals surface area contributed by atoms with Crippen LogP contribution in [0.15, 0.2) is 12.1 Å². The maximum atomic E-state index is 12.9. The first-order chi connectivity index (χ1) is 16.4. The van der Waals surface area contributed by atoms with Crippen molar-refractivity contribution in [3.8, 4) is 0 Å². The van der Waals surface area contributed by atoms with E-state index in [1.54, 1.807) is 0 Å². The van der Waals surface area contributed by atoms with Crippen molar-refractivity contribution >= 4 is 15.7 Å². The van der Waals surface area contributed by atoms with Crippen molar-refractivity contribution < 1.29 is 31.1 Å². The summed E-state index contributed by atoms with van der Waals surface area (Å²) in [6, 6.07) is 1.99. The van der Waals surface area contributed by atoms with Crippen molar-refractivity contribution in [1.29, 1.82) is 0 Å². The maximum Gasteiger partial charge on any atom is 0.433 e. The molecule has 1 saturated heterocycles. The van der Waals surface area contributed by atoms with Gasteiger partial charge in [-0.1, -0.05) is 12.8 Å². The molecule has 4 fully saturated rings. The van der Waals surface area contributed by atoms with E-state index in [1.165, 1.54) is 19.8 Å². The number of hydrogen-bond acceptors (Lipinski definition) is 5. The molecule has 0 aromatic carbocycles. The molecule has 3 saturated carbocycles. The number of ether oxygens (including phenoxy) is 1. The second-order valence-corrected chi connectivity index (χ2v) is 13.5. The van der Waals surface area contributed by atoms with E-state index in [0.717, 1.165) is 44.2 Å².